The molecule has 0 amide bonds. The molecule has 2 N–H and O–H groups in total. The molecule has 0 radical (unpaired) electrons. The summed E-state index contributed by atoms with van der Waals surface area (Å²) in [6.07, 6.45) is 4.29. The van der Waals surface area contributed by atoms with Crippen LogP contribution in [0.15, 0.2) is 18.2 Å². The van der Waals surface area contributed by atoms with Gasteiger partial charge in [0.1, 0.15) is 11.9 Å². The van der Waals surface area contributed by atoms with Gasteiger partial charge in [-0.05, 0) is 49.8 Å². The van der Waals surface area contributed by atoms with Crippen molar-refractivity contribution < 1.29 is 14.3 Å². The Morgan fingerprint density at radius 3 is 2.70 bits per heavy atom. The van der Waals surface area contributed by atoms with Crippen molar-refractivity contribution in [1.29, 1.82) is 0 Å². The highest BCUT2D eigenvalue weighted by Crippen LogP contribution is 2.26. The van der Waals surface area contributed by atoms with Crippen molar-refractivity contribution >= 4 is 11.7 Å². The molecule has 1 aromatic carbocycles. The van der Waals surface area contributed by atoms with E-state index in [-0.39, 0.29) is 12.1 Å². The molecule has 4 nitrogen and oxygen atoms in total. The number of hydrogen-bond acceptors (Lipinski definition) is 4. The molecule has 110 valence electrons. The summed E-state index contributed by atoms with van der Waals surface area (Å²) in [5, 5.41) is 0. The second-order valence-electron chi connectivity index (χ2n) is 5.77. The minimum Gasteiger partial charge on any atom is -0.491 e. The fraction of sp³-hybridized carbons (Fsp3) is 0.562. The lowest BCUT2D eigenvalue weighted by Crippen LogP contribution is -2.15. The number of hydrogen-bond donors (Lipinski definition) is 1. The van der Waals surface area contributed by atoms with Gasteiger partial charge in [-0.3, -0.25) is 0 Å². The summed E-state index contributed by atoms with van der Waals surface area (Å²) in [7, 11) is 0. The monoisotopic (exact) mass is 277 g/mol. The summed E-state index contributed by atoms with van der Waals surface area (Å²) in [4.78, 5) is 12.1. The Morgan fingerprint density at radius 1 is 1.35 bits per heavy atom. The first-order valence-corrected chi connectivity index (χ1v) is 7.29. The molecule has 0 unspecified atom stereocenters. The smallest absolute Gasteiger partial charge is 0.338 e. The van der Waals surface area contributed by atoms with Gasteiger partial charge in [-0.25, -0.2) is 4.79 Å². The summed E-state index contributed by atoms with van der Waals surface area (Å²) < 4.78 is 11.1. The van der Waals surface area contributed by atoms with E-state index in [4.69, 9.17) is 15.2 Å². The van der Waals surface area contributed by atoms with Crippen molar-refractivity contribution in [2.45, 2.75) is 45.6 Å². The van der Waals surface area contributed by atoms with E-state index >= 15 is 0 Å². The van der Waals surface area contributed by atoms with Crippen LogP contribution >= 0.6 is 0 Å². The molecule has 1 aliphatic carbocycles. The molecule has 1 saturated carbocycles. The number of esters is 1. The Morgan fingerprint density at radius 2 is 2.05 bits per heavy atom. The molecule has 0 spiro atoms. The summed E-state index contributed by atoms with van der Waals surface area (Å²) in [5.41, 5.74) is 6.91. The van der Waals surface area contributed by atoms with E-state index in [9.17, 15) is 4.79 Å². The second kappa shape index (κ2) is 6.64. The molecular formula is C16H23NO3. The van der Waals surface area contributed by atoms with Gasteiger partial charge in [0.15, 0.2) is 0 Å². The zero-order valence-electron chi connectivity index (χ0n) is 12.2. The van der Waals surface area contributed by atoms with E-state index in [0.29, 0.717) is 29.5 Å². The van der Waals surface area contributed by atoms with Crippen LogP contribution in [0.3, 0.4) is 0 Å². The quantitative estimate of drug-likeness (QED) is 0.662. The van der Waals surface area contributed by atoms with Gasteiger partial charge in [0, 0.05) is 0 Å². The number of ether oxygens (including phenoxy) is 2. The highest BCUT2D eigenvalue weighted by molar-refractivity contribution is 5.90. The Labute approximate surface area is 120 Å². The number of nitrogen functional groups attached to an aromatic ring is 1. The zero-order valence-corrected chi connectivity index (χ0v) is 12.2. The molecule has 0 aliphatic heterocycles. The van der Waals surface area contributed by atoms with Gasteiger partial charge in [-0.2, -0.15) is 0 Å². The van der Waals surface area contributed by atoms with Crippen LogP contribution < -0.4 is 10.5 Å². The third kappa shape index (κ3) is 3.89. The van der Waals surface area contributed by atoms with Crippen LogP contribution in [0.5, 0.6) is 5.75 Å². The summed E-state index contributed by atoms with van der Waals surface area (Å²) in [6, 6.07) is 5.06. The first kappa shape index (κ1) is 14.7. The second-order valence-corrected chi connectivity index (χ2v) is 5.77. The normalized spacial score (nSPS) is 15.6. The Bertz CT molecular complexity index is 465. The Balaban J connectivity index is 2.03. The molecule has 2 rings (SSSR count). The first-order valence-electron chi connectivity index (χ1n) is 7.29. The van der Waals surface area contributed by atoms with Gasteiger partial charge >= 0.3 is 5.97 Å². The SMILES string of the molecule is CC(C)COc1cc(C(=O)OC2CCCC2)ccc1N. The van der Waals surface area contributed by atoms with Crippen molar-refractivity contribution in [3.63, 3.8) is 0 Å². The van der Waals surface area contributed by atoms with Gasteiger partial charge in [0.05, 0.1) is 17.9 Å². The van der Waals surface area contributed by atoms with Gasteiger partial charge in [-0.1, -0.05) is 13.8 Å². The molecule has 0 heterocycles. The number of carbonyl (C=O) groups is 1. The summed E-state index contributed by atoms with van der Waals surface area (Å²) in [6.45, 7) is 4.70. The highest BCUT2D eigenvalue weighted by Gasteiger charge is 2.20. The maximum Gasteiger partial charge on any atom is 0.338 e. The van der Waals surface area contributed by atoms with Crippen molar-refractivity contribution in [1.82, 2.24) is 0 Å². The molecule has 4 heteroatoms. The topological polar surface area (TPSA) is 61.5 Å². The molecule has 20 heavy (non-hydrogen) atoms. The maximum atomic E-state index is 12.1. The van der Waals surface area contributed by atoms with Crippen molar-refractivity contribution in [2.24, 2.45) is 5.92 Å². The van der Waals surface area contributed by atoms with Crippen molar-refractivity contribution in [3.8, 4) is 5.75 Å². The van der Waals surface area contributed by atoms with Crippen LogP contribution in [0.1, 0.15) is 49.9 Å². The third-order valence-corrected chi connectivity index (χ3v) is 3.40. The van der Waals surface area contributed by atoms with Crippen molar-refractivity contribution in [3.05, 3.63) is 23.8 Å². The standard InChI is InChI=1S/C16H23NO3/c1-11(2)10-19-15-9-12(7-8-14(15)17)16(18)20-13-5-3-4-6-13/h7-9,11,13H,3-6,10,17H2,1-2H3. The van der Waals surface area contributed by atoms with Gasteiger partial charge < -0.3 is 15.2 Å². The number of carbonyl (C=O) groups excluding carboxylic acids is 1. The van der Waals surface area contributed by atoms with Gasteiger partial charge in [0.25, 0.3) is 0 Å². The molecule has 0 atom stereocenters. The van der Waals surface area contributed by atoms with Crippen LogP contribution in [-0.2, 0) is 4.74 Å². The van der Waals surface area contributed by atoms with E-state index in [1.165, 1.54) is 0 Å². The molecule has 1 fully saturated rings. The van der Waals surface area contributed by atoms with E-state index in [1.54, 1.807) is 18.2 Å². The molecule has 1 aromatic rings. The predicted molar refractivity (Wildman–Crippen MR) is 78.9 cm³/mol. The van der Waals surface area contributed by atoms with Crippen LogP contribution in [-0.4, -0.2) is 18.7 Å². The lowest BCUT2D eigenvalue weighted by molar-refractivity contribution is 0.0317. The zero-order chi connectivity index (χ0) is 14.5. The molecular weight excluding hydrogens is 254 g/mol. The minimum atomic E-state index is -0.286. The Kier molecular flexibility index (Phi) is 4.88. The average molecular weight is 277 g/mol. The van der Waals surface area contributed by atoms with Crippen LogP contribution in [0.25, 0.3) is 0 Å². The van der Waals surface area contributed by atoms with Crippen molar-refractivity contribution in [2.75, 3.05) is 12.3 Å². The van der Waals surface area contributed by atoms with Crippen LogP contribution in [0, 0.1) is 5.92 Å². The Hall–Kier alpha value is -1.71. The minimum absolute atomic E-state index is 0.0695. The number of anilines is 1. The maximum absolute atomic E-state index is 12.1. The van der Waals surface area contributed by atoms with Gasteiger partial charge in [0.2, 0.25) is 0 Å². The lowest BCUT2D eigenvalue weighted by atomic mass is 10.2. The van der Waals surface area contributed by atoms with E-state index in [1.807, 2.05) is 0 Å². The number of rotatable bonds is 5. The van der Waals surface area contributed by atoms with Gasteiger partial charge in [-0.15, -0.1) is 0 Å². The molecule has 0 saturated heterocycles. The van der Waals surface area contributed by atoms with E-state index < -0.39 is 0 Å². The molecule has 0 aromatic heterocycles. The summed E-state index contributed by atoms with van der Waals surface area (Å²) in [5.74, 6) is 0.675. The molecule has 0 bridgehead atoms. The lowest BCUT2D eigenvalue weighted by Gasteiger charge is -2.14. The average Bonchev–Trinajstić information content (AvgIpc) is 2.90. The fourth-order valence-corrected chi connectivity index (χ4v) is 2.27. The largest absolute Gasteiger partial charge is 0.491 e. The fourth-order valence-electron chi connectivity index (χ4n) is 2.27. The first-order chi connectivity index (χ1) is 9.56. The van der Waals surface area contributed by atoms with E-state index in [0.717, 1.165) is 25.7 Å². The predicted octanol–water partition coefficient (Wildman–Crippen LogP) is 3.40. The van der Waals surface area contributed by atoms with Crippen LogP contribution in [0.4, 0.5) is 5.69 Å². The third-order valence-electron chi connectivity index (χ3n) is 3.40. The van der Waals surface area contributed by atoms with E-state index in [2.05, 4.69) is 13.8 Å². The number of nitrogens with two attached hydrogens (primary N) is 1. The number of benzene rings is 1. The summed E-state index contributed by atoms with van der Waals surface area (Å²) >= 11 is 0. The highest BCUT2D eigenvalue weighted by atomic mass is 16.5. The molecule has 1 aliphatic rings. The van der Waals surface area contributed by atoms with Crippen LogP contribution in [0.2, 0.25) is 0 Å².